The molecule has 0 spiro atoms. The highest BCUT2D eigenvalue weighted by Crippen LogP contribution is 2.17. The predicted octanol–water partition coefficient (Wildman–Crippen LogP) is 3.83. The van der Waals surface area contributed by atoms with Gasteiger partial charge in [-0.15, -0.1) is 0 Å². The molecule has 0 aromatic heterocycles. The molecule has 84 valence electrons. The largest absolute Gasteiger partial charge is 0.323 e. The lowest BCUT2D eigenvalue weighted by atomic mass is 10.1. The first-order chi connectivity index (χ1) is 6.63. The molecule has 0 aromatic carbocycles. The van der Waals surface area contributed by atoms with E-state index >= 15 is 0 Å². The Kier molecular flexibility index (Phi) is 14.0. The summed E-state index contributed by atoms with van der Waals surface area (Å²) >= 11 is 0. The van der Waals surface area contributed by atoms with Crippen molar-refractivity contribution in [2.45, 2.75) is 40.0 Å². The topological polar surface area (TPSA) is 12.0 Å². The zero-order valence-electron chi connectivity index (χ0n) is 10.2. The van der Waals surface area contributed by atoms with Crippen molar-refractivity contribution in [2.75, 3.05) is 14.1 Å². The summed E-state index contributed by atoms with van der Waals surface area (Å²) in [4.78, 5) is 0. The van der Waals surface area contributed by atoms with Crippen LogP contribution in [-0.4, -0.2) is 14.1 Å². The highest BCUT2D eigenvalue weighted by Gasteiger charge is 2.00. The van der Waals surface area contributed by atoms with Gasteiger partial charge >= 0.3 is 0 Å². The third-order valence-electron chi connectivity index (χ3n) is 1.32. The van der Waals surface area contributed by atoms with Crippen LogP contribution in [0.15, 0.2) is 23.6 Å². The van der Waals surface area contributed by atoms with Gasteiger partial charge < -0.3 is 5.32 Å². The second kappa shape index (κ2) is 12.4. The molecule has 0 heterocycles. The molecule has 0 unspecified atom stereocenters. The summed E-state index contributed by atoms with van der Waals surface area (Å²) in [6.45, 7) is 6.05. The minimum atomic E-state index is -0.0451. The van der Waals surface area contributed by atoms with Gasteiger partial charge in [-0.25, -0.2) is 4.39 Å². The van der Waals surface area contributed by atoms with E-state index in [0.29, 0.717) is 0 Å². The first kappa shape index (κ1) is 15.8. The van der Waals surface area contributed by atoms with Crippen LogP contribution >= 0.6 is 0 Å². The Hall–Kier alpha value is -0.630. The van der Waals surface area contributed by atoms with Crippen molar-refractivity contribution in [1.82, 2.24) is 5.32 Å². The van der Waals surface area contributed by atoms with Crippen LogP contribution in [-0.2, 0) is 0 Å². The normalized spacial score (nSPS) is 13.9. The first-order valence-corrected chi connectivity index (χ1v) is 5.25. The summed E-state index contributed by atoms with van der Waals surface area (Å²) in [6.07, 6.45) is 6.67. The number of hydrogen-bond acceptors (Lipinski definition) is 1. The molecule has 0 aromatic rings. The Morgan fingerprint density at radius 2 is 1.57 bits per heavy atom. The van der Waals surface area contributed by atoms with Gasteiger partial charge in [0.1, 0.15) is 5.83 Å². The fraction of sp³-hybridized carbons (Fsp3) is 0.667. The van der Waals surface area contributed by atoms with E-state index in [1.807, 2.05) is 20.2 Å². The number of allylic oxidation sites excluding steroid dienone is 4. The second-order valence-corrected chi connectivity index (χ2v) is 3.22. The molecule has 1 aliphatic carbocycles. The average molecular weight is 201 g/mol. The van der Waals surface area contributed by atoms with Crippen molar-refractivity contribution in [3.05, 3.63) is 23.6 Å². The summed E-state index contributed by atoms with van der Waals surface area (Å²) in [5, 5.41) is 2.75. The molecular weight excluding hydrogens is 177 g/mol. The highest BCUT2D eigenvalue weighted by molar-refractivity contribution is 5.25. The SMILES string of the molecule is CC1=CCCC=C1F.CCC.CNC. The molecular formula is C12H24FN. The Labute approximate surface area is 88.1 Å². The Morgan fingerprint density at radius 3 is 1.79 bits per heavy atom. The molecule has 0 atom stereocenters. The molecule has 0 saturated heterocycles. The van der Waals surface area contributed by atoms with E-state index < -0.39 is 0 Å². The highest BCUT2D eigenvalue weighted by atomic mass is 19.1. The molecule has 0 radical (unpaired) electrons. The Balaban J connectivity index is 0. The second-order valence-electron chi connectivity index (χ2n) is 3.22. The molecule has 0 amide bonds. The minimum absolute atomic E-state index is 0.0451. The summed E-state index contributed by atoms with van der Waals surface area (Å²) in [6, 6.07) is 0. The van der Waals surface area contributed by atoms with Gasteiger partial charge in [0.25, 0.3) is 0 Å². The van der Waals surface area contributed by atoms with Crippen LogP contribution in [0.2, 0.25) is 0 Å². The fourth-order valence-electron chi connectivity index (χ4n) is 0.768. The zero-order chi connectivity index (χ0) is 11.4. The van der Waals surface area contributed by atoms with Crippen molar-refractivity contribution in [2.24, 2.45) is 0 Å². The quantitative estimate of drug-likeness (QED) is 0.628. The summed E-state index contributed by atoms with van der Waals surface area (Å²) in [5.74, 6) is -0.0451. The van der Waals surface area contributed by atoms with E-state index in [1.165, 1.54) is 6.42 Å². The number of halogens is 1. The van der Waals surface area contributed by atoms with Crippen LogP contribution in [0.5, 0.6) is 0 Å². The zero-order valence-corrected chi connectivity index (χ0v) is 10.2. The van der Waals surface area contributed by atoms with Crippen LogP contribution in [0, 0.1) is 0 Å². The summed E-state index contributed by atoms with van der Waals surface area (Å²) < 4.78 is 12.4. The van der Waals surface area contributed by atoms with Gasteiger partial charge in [0.2, 0.25) is 0 Å². The molecule has 1 nitrogen and oxygen atoms in total. The maximum atomic E-state index is 12.4. The van der Waals surface area contributed by atoms with Gasteiger partial charge in [0, 0.05) is 0 Å². The van der Waals surface area contributed by atoms with Gasteiger partial charge in [-0.1, -0.05) is 26.3 Å². The molecule has 1 aliphatic rings. The molecule has 0 aliphatic heterocycles. The van der Waals surface area contributed by atoms with Crippen molar-refractivity contribution < 1.29 is 4.39 Å². The van der Waals surface area contributed by atoms with Crippen LogP contribution in [0.1, 0.15) is 40.0 Å². The fourth-order valence-corrected chi connectivity index (χ4v) is 0.768. The number of nitrogens with one attached hydrogen (secondary N) is 1. The van der Waals surface area contributed by atoms with Gasteiger partial charge in [0.15, 0.2) is 0 Å². The van der Waals surface area contributed by atoms with Crippen molar-refractivity contribution in [3.8, 4) is 0 Å². The van der Waals surface area contributed by atoms with Gasteiger partial charge in [-0.3, -0.25) is 0 Å². The van der Waals surface area contributed by atoms with Gasteiger partial charge in [-0.2, -0.15) is 0 Å². The van der Waals surface area contributed by atoms with Crippen molar-refractivity contribution >= 4 is 0 Å². The average Bonchev–Trinajstić information content (AvgIpc) is 2.13. The van der Waals surface area contributed by atoms with E-state index in [1.54, 1.807) is 13.0 Å². The van der Waals surface area contributed by atoms with E-state index in [4.69, 9.17) is 0 Å². The first-order valence-electron chi connectivity index (χ1n) is 5.25. The van der Waals surface area contributed by atoms with E-state index in [0.717, 1.165) is 18.4 Å². The predicted molar refractivity (Wildman–Crippen MR) is 63.1 cm³/mol. The molecule has 2 heteroatoms. The van der Waals surface area contributed by atoms with E-state index in [-0.39, 0.29) is 5.83 Å². The molecule has 0 fully saturated rings. The molecule has 0 bridgehead atoms. The lowest BCUT2D eigenvalue weighted by molar-refractivity contribution is 0.635. The van der Waals surface area contributed by atoms with Crippen LogP contribution in [0.3, 0.4) is 0 Å². The standard InChI is InChI=1S/C7H9F.C3H8.C2H7N/c1-6-4-2-3-5-7(6)8;2*1-3-2/h4-5H,2-3H2,1H3;3H2,1-2H3;3H,1-2H3. The third kappa shape index (κ3) is 11.4. The maximum absolute atomic E-state index is 12.4. The van der Waals surface area contributed by atoms with Crippen molar-refractivity contribution in [1.29, 1.82) is 0 Å². The van der Waals surface area contributed by atoms with Gasteiger partial charge in [0.05, 0.1) is 0 Å². The van der Waals surface area contributed by atoms with E-state index in [9.17, 15) is 4.39 Å². The smallest absolute Gasteiger partial charge is 0.121 e. The molecule has 1 rings (SSSR count). The summed E-state index contributed by atoms with van der Waals surface area (Å²) in [7, 11) is 3.75. The minimum Gasteiger partial charge on any atom is -0.323 e. The lowest BCUT2D eigenvalue weighted by Gasteiger charge is -2.01. The van der Waals surface area contributed by atoms with Crippen LogP contribution in [0.4, 0.5) is 4.39 Å². The monoisotopic (exact) mass is 201 g/mol. The van der Waals surface area contributed by atoms with Crippen molar-refractivity contribution in [3.63, 3.8) is 0 Å². The number of hydrogen-bond donors (Lipinski definition) is 1. The maximum Gasteiger partial charge on any atom is 0.121 e. The lowest BCUT2D eigenvalue weighted by Crippen LogP contribution is -1.89. The van der Waals surface area contributed by atoms with Crippen LogP contribution < -0.4 is 5.32 Å². The number of rotatable bonds is 0. The molecule has 0 saturated carbocycles. The van der Waals surface area contributed by atoms with Gasteiger partial charge in [-0.05, 0) is 45.5 Å². The Bertz CT molecular complexity index is 151. The Morgan fingerprint density at radius 1 is 1.21 bits per heavy atom. The molecule has 14 heavy (non-hydrogen) atoms. The molecule has 1 N–H and O–H groups in total. The van der Waals surface area contributed by atoms with E-state index in [2.05, 4.69) is 19.2 Å². The summed E-state index contributed by atoms with van der Waals surface area (Å²) in [5.41, 5.74) is 0.788. The third-order valence-corrected chi connectivity index (χ3v) is 1.32. The van der Waals surface area contributed by atoms with Crippen LogP contribution in [0.25, 0.3) is 0 Å².